The number of nitrogens with zero attached hydrogens (tertiary/aromatic N) is 3. The smallest absolute Gasteiger partial charge is 0.348 e. The molecule has 1 N–H and O–H groups in total. The highest BCUT2D eigenvalue weighted by molar-refractivity contribution is 5.66. The maximum absolute atomic E-state index is 11.9. The topological polar surface area (TPSA) is 94.2 Å². The minimum Gasteiger partial charge on any atom is -0.480 e. The largest absolute Gasteiger partial charge is 0.480 e. The van der Waals surface area contributed by atoms with Crippen LogP contribution in [0.1, 0.15) is 5.56 Å². The first kappa shape index (κ1) is 12.7. The van der Waals surface area contributed by atoms with E-state index >= 15 is 0 Å². The second-order valence-corrected chi connectivity index (χ2v) is 3.89. The highest BCUT2D eigenvalue weighted by Crippen LogP contribution is 1.98. The molecule has 0 aliphatic carbocycles. The second kappa shape index (κ2) is 5.30. The van der Waals surface area contributed by atoms with E-state index in [9.17, 15) is 14.4 Å². The van der Waals surface area contributed by atoms with Crippen molar-refractivity contribution in [2.45, 2.75) is 13.1 Å². The molecule has 98 valence electrons. The molecule has 0 unspecified atom stereocenters. The first-order chi connectivity index (χ1) is 9.08. The first-order valence-corrected chi connectivity index (χ1v) is 5.50. The van der Waals surface area contributed by atoms with Gasteiger partial charge in [-0.3, -0.25) is 9.59 Å². The maximum atomic E-state index is 11.9. The molecule has 0 saturated heterocycles. The summed E-state index contributed by atoms with van der Waals surface area (Å²) in [5.41, 5.74) is -0.631. The minimum absolute atomic E-state index is 0.180. The Labute approximate surface area is 107 Å². The lowest BCUT2D eigenvalue weighted by atomic mass is 10.2. The molecule has 0 fully saturated rings. The van der Waals surface area contributed by atoms with Gasteiger partial charge in [-0.1, -0.05) is 30.3 Å². The van der Waals surface area contributed by atoms with E-state index in [0.717, 1.165) is 16.4 Å². The van der Waals surface area contributed by atoms with E-state index in [1.54, 1.807) is 12.1 Å². The van der Waals surface area contributed by atoms with E-state index in [1.807, 2.05) is 18.2 Å². The number of carboxylic acids is 1. The van der Waals surface area contributed by atoms with Crippen LogP contribution in [0.2, 0.25) is 0 Å². The number of hydrogen-bond donors (Lipinski definition) is 1. The Morgan fingerprint density at radius 1 is 1.21 bits per heavy atom. The molecule has 7 nitrogen and oxygen atoms in total. The van der Waals surface area contributed by atoms with Crippen LogP contribution in [0.25, 0.3) is 0 Å². The Morgan fingerprint density at radius 2 is 1.89 bits per heavy atom. The van der Waals surface area contributed by atoms with Crippen molar-refractivity contribution < 1.29 is 9.90 Å². The Kier molecular flexibility index (Phi) is 3.56. The number of benzene rings is 1. The molecule has 0 saturated carbocycles. The molecule has 0 aliphatic heterocycles. The predicted octanol–water partition coefficient (Wildman–Crippen LogP) is -0.462. The van der Waals surface area contributed by atoms with Crippen molar-refractivity contribution in [2.75, 3.05) is 0 Å². The Morgan fingerprint density at radius 3 is 2.53 bits per heavy atom. The molecular weight excluding hydrogens is 250 g/mol. The third-order valence-corrected chi connectivity index (χ3v) is 2.49. The van der Waals surface area contributed by atoms with E-state index in [0.29, 0.717) is 4.57 Å². The average Bonchev–Trinajstić information content (AvgIpc) is 2.39. The van der Waals surface area contributed by atoms with Crippen LogP contribution in [0, 0.1) is 0 Å². The SMILES string of the molecule is O=C(O)Cn1c(=O)cnn(Cc2ccccc2)c1=O. The molecule has 19 heavy (non-hydrogen) atoms. The number of hydrogen-bond acceptors (Lipinski definition) is 4. The highest BCUT2D eigenvalue weighted by atomic mass is 16.4. The third kappa shape index (κ3) is 2.95. The summed E-state index contributed by atoms with van der Waals surface area (Å²) in [5.74, 6) is -1.25. The zero-order chi connectivity index (χ0) is 13.8. The molecule has 2 rings (SSSR count). The van der Waals surface area contributed by atoms with Crippen molar-refractivity contribution in [2.24, 2.45) is 0 Å². The van der Waals surface area contributed by atoms with Gasteiger partial charge in [0.15, 0.2) is 0 Å². The Hall–Kier alpha value is -2.70. The second-order valence-electron chi connectivity index (χ2n) is 3.89. The fraction of sp³-hybridized carbons (Fsp3) is 0.167. The summed E-state index contributed by atoms with van der Waals surface area (Å²) in [6.07, 6.45) is 0.938. The van der Waals surface area contributed by atoms with Gasteiger partial charge >= 0.3 is 11.7 Å². The van der Waals surface area contributed by atoms with Gasteiger partial charge in [-0.25, -0.2) is 14.0 Å². The normalized spacial score (nSPS) is 10.3. The summed E-state index contributed by atoms with van der Waals surface area (Å²) in [6.45, 7) is -0.492. The van der Waals surface area contributed by atoms with Crippen molar-refractivity contribution in [1.82, 2.24) is 14.3 Å². The van der Waals surface area contributed by atoms with Crippen LogP contribution in [0.4, 0.5) is 0 Å². The van der Waals surface area contributed by atoms with Crippen LogP contribution in [-0.4, -0.2) is 25.4 Å². The monoisotopic (exact) mass is 261 g/mol. The van der Waals surface area contributed by atoms with Crippen LogP contribution in [0.3, 0.4) is 0 Å². The van der Waals surface area contributed by atoms with Gasteiger partial charge in [-0.15, -0.1) is 0 Å². The molecular formula is C12H11N3O4. The molecule has 0 atom stereocenters. The third-order valence-electron chi connectivity index (χ3n) is 2.49. The van der Waals surface area contributed by atoms with E-state index in [-0.39, 0.29) is 6.54 Å². The lowest BCUT2D eigenvalue weighted by molar-refractivity contribution is -0.137. The number of aromatic nitrogens is 3. The standard InChI is InChI=1S/C12H11N3O4/c16-10-6-13-15(7-9-4-2-1-3-5-9)12(19)14(10)8-11(17)18/h1-6H,7-8H2,(H,17,18). The van der Waals surface area contributed by atoms with Gasteiger partial charge in [0, 0.05) is 0 Å². The molecule has 7 heteroatoms. The van der Waals surface area contributed by atoms with Crippen LogP contribution in [0.5, 0.6) is 0 Å². The fourth-order valence-electron chi connectivity index (χ4n) is 1.62. The van der Waals surface area contributed by atoms with Crippen LogP contribution in [-0.2, 0) is 17.9 Å². The van der Waals surface area contributed by atoms with Crippen LogP contribution in [0.15, 0.2) is 46.1 Å². The Balaban J connectivity index is 2.40. The van der Waals surface area contributed by atoms with E-state index in [1.165, 1.54) is 0 Å². The predicted molar refractivity (Wildman–Crippen MR) is 65.9 cm³/mol. The van der Waals surface area contributed by atoms with Gasteiger partial charge in [-0.05, 0) is 5.56 Å². The number of rotatable bonds is 4. The molecule has 0 aliphatic rings. The van der Waals surface area contributed by atoms with Crippen molar-refractivity contribution in [3.63, 3.8) is 0 Å². The molecule has 0 spiro atoms. The average molecular weight is 261 g/mol. The lowest BCUT2D eigenvalue weighted by Crippen LogP contribution is -2.42. The lowest BCUT2D eigenvalue weighted by Gasteiger charge is -2.07. The molecule has 1 aromatic heterocycles. The summed E-state index contributed by atoms with van der Waals surface area (Å²) < 4.78 is 1.69. The first-order valence-electron chi connectivity index (χ1n) is 5.50. The molecule has 1 heterocycles. The summed E-state index contributed by atoms with van der Waals surface area (Å²) >= 11 is 0. The van der Waals surface area contributed by atoms with Gasteiger partial charge < -0.3 is 5.11 Å². The van der Waals surface area contributed by atoms with E-state index < -0.39 is 23.8 Å². The zero-order valence-corrected chi connectivity index (χ0v) is 9.89. The molecule has 0 bridgehead atoms. The quantitative estimate of drug-likeness (QED) is 0.803. The summed E-state index contributed by atoms with van der Waals surface area (Å²) in [6, 6.07) is 9.08. The number of carboxylic acid groups (broad SMARTS) is 1. The number of aliphatic carboxylic acids is 1. The van der Waals surface area contributed by atoms with Gasteiger partial charge in [0.1, 0.15) is 12.7 Å². The van der Waals surface area contributed by atoms with Gasteiger partial charge in [0.25, 0.3) is 5.56 Å². The van der Waals surface area contributed by atoms with Crippen molar-refractivity contribution in [3.05, 3.63) is 62.9 Å². The van der Waals surface area contributed by atoms with Crippen LogP contribution < -0.4 is 11.2 Å². The molecule has 0 radical (unpaired) electrons. The fourth-order valence-corrected chi connectivity index (χ4v) is 1.62. The van der Waals surface area contributed by atoms with Crippen molar-refractivity contribution in [1.29, 1.82) is 0 Å². The van der Waals surface area contributed by atoms with Crippen molar-refractivity contribution >= 4 is 5.97 Å². The summed E-state index contributed by atoms with van der Waals surface area (Å²) in [7, 11) is 0. The van der Waals surface area contributed by atoms with Crippen molar-refractivity contribution in [3.8, 4) is 0 Å². The van der Waals surface area contributed by atoms with Crippen LogP contribution >= 0.6 is 0 Å². The van der Waals surface area contributed by atoms with Gasteiger partial charge in [0.2, 0.25) is 0 Å². The molecule has 0 amide bonds. The van der Waals surface area contributed by atoms with E-state index in [4.69, 9.17) is 5.11 Å². The summed E-state index contributed by atoms with van der Waals surface area (Å²) in [5, 5.41) is 12.4. The number of carbonyl (C=O) groups is 1. The maximum Gasteiger partial charge on any atom is 0.348 e. The minimum atomic E-state index is -1.25. The van der Waals surface area contributed by atoms with Gasteiger partial charge in [-0.2, -0.15) is 5.10 Å². The molecule has 1 aromatic carbocycles. The molecule has 2 aromatic rings. The summed E-state index contributed by atoms with van der Waals surface area (Å²) in [4.78, 5) is 33.9. The highest BCUT2D eigenvalue weighted by Gasteiger charge is 2.09. The van der Waals surface area contributed by atoms with E-state index in [2.05, 4.69) is 5.10 Å². The zero-order valence-electron chi connectivity index (χ0n) is 9.89. The Bertz CT molecular complexity index is 703. The van der Waals surface area contributed by atoms with Gasteiger partial charge in [0.05, 0.1) is 6.54 Å².